The zero-order valence-electron chi connectivity index (χ0n) is 18.8. The Balaban J connectivity index is 1.65. The molecule has 0 bridgehead atoms. The second-order valence-electron chi connectivity index (χ2n) is 8.76. The normalized spacial score (nSPS) is 22.2. The van der Waals surface area contributed by atoms with Gasteiger partial charge >= 0.3 is 0 Å². The number of benzene rings is 2. The molecule has 1 heterocycles. The summed E-state index contributed by atoms with van der Waals surface area (Å²) in [6, 6.07) is 14.4. The highest BCUT2D eigenvalue weighted by molar-refractivity contribution is 7.89. The summed E-state index contributed by atoms with van der Waals surface area (Å²) in [5.74, 6) is 0.598. The molecule has 31 heavy (non-hydrogen) atoms. The van der Waals surface area contributed by atoms with Crippen LogP contribution in [0.25, 0.3) is 0 Å². The predicted octanol–water partition coefficient (Wildman–Crippen LogP) is 5.05. The average Bonchev–Trinajstić information content (AvgIpc) is 3.23. The van der Waals surface area contributed by atoms with E-state index in [4.69, 9.17) is 0 Å². The van der Waals surface area contributed by atoms with E-state index in [1.807, 2.05) is 26.0 Å². The highest BCUT2D eigenvalue weighted by Gasteiger charge is 2.38. The van der Waals surface area contributed by atoms with Crippen molar-refractivity contribution in [2.75, 3.05) is 23.3 Å². The quantitative estimate of drug-likeness (QED) is 0.593. The monoisotopic (exact) mass is 439 g/mol. The first-order valence-corrected chi connectivity index (χ1v) is 12.8. The van der Waals surface area contributed by atoms with Gasteiger partial charge < -0.3 is 10.2 Å². The molecule has 3 unspecified atom stereocenters. The zero-order valence-corrected chi connectivity index (χ0v) is 19.6. The van der Waals surface area contributed by atoms with Crippen molar-refractivity contribution in [3.63, 3.8) is 0 Å². The van der Waals surface area contributed by atoms with E-state index < -0.39 is 10.0 Å². The van der Waals surface area contributed by atoms with E-state index in [1.165, 1.54) is 11.3 Å². The van der Waals surface area contributed by atoms with Crippen molar-refractivity contribution < 1.29 is 8.42 Å². The SMILES string of the molecule is CCN(CC)c1ccc(C2Nc3ccc(S(=O)(=O)NC(C)C)cc3C3C=CCC32)cc1. The molecule has 6 heteroatoms. The van der Waals surface area contributed by atoms with Gasteiger partial charge in [-0.25, -0.2) is 13.1 Å². The second-order valence-corrected chi connectivity index (χ2v) is 10.5. The summed E-state index contributed by atoms with van der Waals surface area (Å²) in [4.78, 5) is 2.68. The van der Waals surface area contributed by atoms with Crippen LogP contribution in [0.5, 0.6) is 0 Å². The van der Waals surface area contributed by atoms with Gasteiger partial charge in [-0.3, -0.25) is 0 Å². The van der Waals surface area contributed by atoms with Gasteiger partial charge in [-0.15, -0.1) is 0 Å². The molecule has 5 nitrogen and oxygen atoms in total. The van der Waals surface area contributed by atoms with Crippen LogP contribution in [-0.2, 0) is 10.0 Å². The van der Waals surface area contributed by atoms with Crippen molar-refractivity contribution >= 4 is 21.4 Å². The Morgan fingerprint density at radius 2 is 1.81 bits per heavy atom. The van der Waals surface area contributed by atoms with Crippen LogP contribution in [0.2, 0.25) is 0 Å². The maximum absolute atomic E-state index is 12.7. The molecular weight excluding hydrogens is 406 g/mol. The van der Waals surface area contributed by atoms with Gasteiger partial charge in [0.1, 0.15) is 0 Å². The van der Waals surface area contributed by atoms with E-state index in [0.717, 1.165) is 30.8 Å². The van der Waals surface area contributed by atoms with Crippen molar-refractivity contribution in [3.05, 3.63) is 65.7 Å². The number of hydrogen-bond acceptors (Lipinski definition) is 4. The molecule has 2 N–H and O–H groups in total. The molecule has 0 aromatic heterocycles. The van der Waals surface area contributed by atoms with Crippen LogP contribution in [0, 0.1) is 5.92 Å². The zero-order chi connectivity index (χ0) is 22.2. The third-order valence-corrected chi connectivity index (χ3v) is 8.07. The van der Waals surface area contributed by atoms with Crippen molar-refractivity contribution in [2.45, 2.75) is 57.0 Å². The number of fused-ring (bicyclic) bond motifs is 3. The molecule has 0 radical (unpaired) electrons. The van der Waals surface area contributed by atoms with E-state index in [-0.39, 0.29) is 18.0 Å². The molecule has 2 aromatic rings. The summed E-state index contributed by atoms with van der Waals surface area (Å²) in [5.41, 5.74) is 4.62. The number of sulfonamides is 1. The maximum atomic E-state index is 12.7. The summed E-state index contributed by atoms with van der Waals surface area (Å²) < 4.78 is 28.1. The highest BCUT2D eigenvalue weighted by atomic mass is 32.2. The van der Waals surface area contributed by atoms with Crippen LogP contribution in [0.15, 0.2) is 59.5 Å². The van der Waals surface area contributed by atoms with E-state index in [1.54, 1.807) is 6.07 Å². The summed E-state index contributed by atoms with van der Waals surface area (Å²) in [6.07, 6.45) is 5.46. The molecule has 0 amide bonds. The molecule has 0 spiro atoms. The Morgan fingerprint density at radius 1 is 1.10 bits per heavy atom. The summed E-state index contributed by atoms with van der Waals surface area (Å²) in [6.45, 7) is 10.0. The smallest absolute Gasteiger partial charge is 0.240 e. The van der Waals surface area contributed by atoms with Gasteiger partial charge in [0.05, 0.1) is 10.9 Å². The molecule has 1 aliphatic carbocycles. The lowest BCUT2D eigenvalue weighted by Gasteiger charge is -2.38. The number of nitrogens with one attached hydrogen (secondary N) is 2. The fourth-order valence-electron chi connectivity index (χ4n) is 4.93. The lowest BCUT2D eigenvalue weighted by Crippen LogP contribution is -2.32. The van der Waals surface area contributed by atoms with Crippen LogP contribution < -0.4 is 14.9 Å². The van der Waals surface area contributed by atoms with E-state index >= 15 is 0 Å². The molecule has 4 rings (SSSR count). The first-order chi connectivity index (χ1) is 14.8. The molecule has 0 saturated heterocycles. The van der Waals surface area contributed by atoms with Gasteiger partial charge in [0.2, 0.25) is 10.0 Å². The minimum atomic E-state index is -3.51. The topological polar surface area (TPSA) is 61.4 Å². The van der Waals surface area contributed by atoms with Crippen LogP contribution in [0.4, 0.5) is 11.4 Å². The number of allylic oxidation sites excluding steroid dienone is 2. The standard InChI is InChI=1S/C25H33N3O2S/c1-5-28(6-2)19-12-10-18(11-13-19)25-22-9-7-8-21(22)23-16-20(14-15-24(23)26-25)31(29,30)27-17(3)4/h7-8,10-17,21-22,25-27H,5-6,9H2,1-4H3. The molecule has 0 fully saturated rings. The number of rotatable bonds is 7. The minimum absolute atomic E-state index is 0.137. The molecule has 166 valence electrons. The first-order valence-electron chi connectivity index (χ1n) is 11.3. The molecule has 2 aliphatic rings. The summed E-state index contributed by atoms with van der Waals surface area (Å²) in [7, 11) is -3.51. The van der Waals surface area contributed by atoms with Crippen LogP contribution >= 0.6 is 0 Å². The van der Waals surface area contributed by atoms with Gasteiger partial charge in [-0.2, -0.15) is 0 Å². The lowest BCUT2D eigenvalue weighted by molar-refractivity contribution is 0.425. The van der Waals surface area contributed by atoms with Gasteiger partial charge in [-0.1, -0.05) is 24.3 Å². The fourth-order valence-corrected chi connectivity index (χ4v) is 6.22. The maximum Gasteiger partial charge on any atom is 0.240 e. The molecule has 3 atom stereocenters. The van der Waals surface area contributed by atoms with Crippen LogP contribution in [-0.4, -0.2) is 27.5 Å². The first kappa shape index (κ1) is 21.9. The van der Waals surface area contributed by atoms with Crippen LogP contribution in [0.3, 0.4) is 0 Å². The number of nitrogens with zero attached hydrogens (tertiary/aromatic N) is 1. The van der Waals surface area contributed by atoms with E-state index in [9.17, 15) is 8.42 Å². The van der Waals surface area contributed by atoms with Crippen molar-refractivity contribution in [1.82, 2.24) is 4.72 Å². The highest BCUT2D eigenvalue weighted by Crippen LogP contribution is 2.50. The van der Waals surface area contributed by atoms with Gasteiger partial charge in [-0.05, 0) is 81.5 Å². The number of hydrogen-bond donors (Lipinski definition) is 2. The van der Waals surface area contributed by atoms with Crippen molar-refractivity contribution in [2.24, 2.45) is 5.92 Å². The van der Waals surface area contributed by atoms with Crippen LogP contribution in [0.1, 0.15) is 57.2 Å². The Kier molecular flexibility index (Phi) is 6.13. The number of anilines is 2. The Labute approximate surface area is 186 Å². The van der Waals surface area contributed by atoms with E-state index in [2.05, 4.69) is 65.2 Å². The molecule has 2 aromatic carbocycles. The Hall–Kier alpha value is -2.31. The predicted molar refractivity (Wildman–Crippen MR) is 128 cm³/mol. The second kappa shape index (κ2) is 8.67. The minimum Gasteiger partial charge on any atom is -0.378 e. The van der Waals surface area contributed by atoms with Crippen molar-refractivity contribution in [1.29, 1.82) is 0 Å². The molecular formula is C25H33N3O2S. The van der Waals surface area contributed by atoms with Crippen molar-refractivity contribution in [3.8, 4) is 0 Å². The third-order valence-electron chi connectivity index (χ3n) is 6.42. The summed E-state index contributed by atoms with van der Waals surface area (Å²) in [5, 5.41) is 3.71. The fraction of sp³-hybridized carbons (Fsp3) is 0.440. The lowest BCUT2D eigenvalue weighted by atomic mass is 9.77. The van der Waals surface area contributed by atoms with Gasteiger partial charge in [0.25, 0.3) is 0 Å². The van der Waals surface area contributed by atoms with E-state index in [0.29, 0.717) is 10.8 Å². The average molecular weight is 440 g/mol. The largest absolute Gasteiger partial charge is 0.378 e. The Morgan fingerprint density at radius 3 is 2.45 bits per heavy atom. The van der Waals surface area contributed by atoms with Gasteiger partial charge in [0, 0.05) is 36.4 Å². The molecule has 1 aliphatic heterocycles. The third kappa shape index (κ3) is 4.23. The Bertz CT molecular complexity index is 1060. The van der Waals surface area contributed by atoms with Gasteiger partial charge in [0.15, 0.2) is 0 Å². The summed E-state index contributed by atoms with van der Waals surface area (Å²) >= 11 is 0. The molecule has 0 saturated carbocycles.